The Morgan fingerprint density at radius 3 is 2.19 bits per heavy atom. The summed E-state index contributed by atoms with van der Waals surface area (Å²) in [5.41, 5.74) is 0.179. The predicted molar refractivity (Wildman–Crippen MR) is 68.3 cm³/mol. The molecular formula is C14H28O2. The standard InChI is InChI=1S/C14H28O2/c1-7-8-9-16-13(15)12(11(2)3)10-14(4,5)6/h11-12H,7-10H2,1-6H3. The van der Waals surface area contributed by atoms with Crippen molar-refractivity contribution >= 4 is 5.97 Å². The third-order valence-corrected chi connectivity index (χ3v) is 2.68. The SMILES string of the molecule is CCCCOC(=O)C(CC(C)(C)C)C(C)C. The van der Waals surface area contributed by atoms with E-state index in [0.29, 0.717) is 12.5 Å². The van der Waals surface area contributed by atoms with Gasteiger partial charge < -0.3 is 4.74 Å². The lowest BCUT2D eigenvalue weighted by Crippen LogP contribution is -2.27. The Morgan fingerprint density at radius 2 is 1.81 bits per heavy atom. The minimum absolute atomic E-state index is 0.0154. The van der Waals surface area contributed by atoms with Gasteiger partial charge in [0.15, 0.2) is 0 Å². The summed E-state index contributed by atoms with van der Waals surface area (Å²) in [7, 11) is 0. The average molecular weight is 228 g/mol. The summed E-state index contributed by atoms with van der Waals surface area (Å²) in [6, 6.07) is 0. The van der Waals surface area contributed by atoms with Gasteiger partial charge in [-0.05, 0) is 24.2 Å². The molecule has 0 heterocycles. The van der Waals surface area contributed by atoms with Gasteiger partial charge in [0.05, 0.1) is 12.5 Å². The monoisotopic (exact) mass is 228 g/mol. The highest BCUT2D eigenvalue weighted by atomic mass is 16.5. The molecule has 0 aromatic rings. The number of carbonyl (C=O) groups is 1. The summed E-state index contributed by atoms with van der Waals surface area (Å²) in [6.45, 7) is 13.4. The van der Waals surface area contributed by atoms with Gasteiger partial charge in [0.1, 0.15) is 0 Å². The van der Waals surface area contributed by atoms with Crippen molar-refractivity contribution in [3.05, 3.63) is 0 Å². The molecule has 0 aromatic heterocycles. The van der Waals surface area contributed by atoms with Crippen LogP contribution in [0.4, 0.5) is 0 Å². The van der Waals surface area contributed by atoms with E-state index < -0.39 is 0 Å². The smallest absolute Gasteiger partial charge is 0.309 e. The first-order valence-corrected chi connectivity index (χ1v) is 6.44. The number of carbonyl (C=O) groups excluding carboxylic acids is 1. The van der Waals surface area contributed by atoms with E-state index in [1.807, 2.05) is 0 Å². The van der Waals surface area contributed by atoms with E-state index in [9.17, 15) is 4.79 Å². The number of rotatable bonds is 6. The van der Waals surface area contributed by atoms with Crippen LogP contribution in [0.1, 0.15) is 60.8 Å². The van der Waals surface area contributed by atoms with Crippen LogP contribution in [-0.4, -0.2) is 12.6 Å². The van der Waals surface area contributed by atoms with Crippen molar-refractivity contribution in [2.75, 3.05) is 6.61 Å². The molecule has 2 nitrogen and oxygen atoms in total. The molecule has 0 aliphatic rings. The zero-order valence-electron chi connectivity index (χ0n) is 11.8. The van der Waals surface area contributed by atoms with E-state index in [1.165, 1.54) is 0 Å². The molecule has 96 valence electrons. The van der Waals surface area contributed by atoms with Gasteiger partial charge in [0.2, 0.25) is 0 Å². The Kier molecular flexibility index (Phi) is 6.70. The minimum atomic E-state index is -0.0154. The lowest BCUT2D eigenvalue weighted by Gasteiger charge is -2.27. The molecule has 0 spiro atoms. The molecule has 0 fully saturated rings. The fourth-order valence-electron chi connectivity index (χ4n) is 1.68. The first kappa shape index (κ1) is 15.5. The lowest BCUT2D eigenvalue weighted by atomic mass is 9.80. The third kappa shape index (κ3) is 6.86. The summed E-state index contributed by atoms with van der Waals surface area (Å²) in [5.74, 6) is 0.378. The second kappa shape index (κ2) is 6.93. The van der Waals surface area contributed by atoms with Crippen molar-refractivity contribution < 1.29 is 9.53 Å². The zero-order valence-corrected chi connectivity index (χ0v) is 11.8. The van der Waals surface area contributed by atoms with Crippen molar-refractivity contribution in [3.8, 4) is 0 Å². The molecule has 1 atom stereocenters. The Morgan fingerprint density at radius 1 is 1.25 bits per heavy atom. The summed E-state index contributed by atoms with van der Waals surface area (Å²) < 4.78 is 5.31. The van der Waals surface area contributed by atoms with Crippen molar-refractivity contribution in [1.29, 1.82) is 0 Å². The quantitative estimate of drug-likeness (QED) is 0.506. The van der Waals surface area contributed by atoms with Crippen molar-refractivity contribution in [3.63, 3.8) is 0 Å². The number of unbranched alkanes of at least 4 members (excludes halogenated alkanes) is 1. The van der Waals surface area contributed by atoms with Crippen LogP contribution in [0.25, 0.3) is 0 Å². The van der Waals surface area contributed by atoms with E-state index in [0.717, 1.165) is 19.3 Å². The highest BCUT2D eigenvalue weighted by molar-refractivity contribution is 5.72. The Labute approximate surface area is 101 Å². The van der Waals surface area contributed by atoms with Crippen LogP contribution in [0.5, 0.6) is 0 Å². The lowest BCUT2D eigenvalue weighted by molar-refractivity contribution is -0.151. The number of hydrogen-bond acceptors (Lipinski definition) is 2. The van der Waals surface area contributed by atoms with Gasteiger partial charge in [-0.3, -0.25) is 4.79 Å². The highest BCUT2D eigenvalue weighted by Gasteiger charge is 2.28. The Bertz CT molecular complexity index is 201. The maximum Gasteiger partial charge on any atom is 0.309 e. The average Bonchev–Trinajstić information content (AvgIpc) is 2.12. The zero-order chi connectivity index (χ0) is 12.8. The van der Waals surface area contributed by atoms with Crippen LogP contribution in [0, 0.1) is 17.3 Å². The van der Waals surface area contributed by atoms with Crippen LogP contribution < -0.4 is 0 Å². The van der Waals surface area contributed by atoms with E-state index in [-0.39, 0.29) is 17.3 Å². The molecule has 16 heavy (non-hydrogen) atoms. The third-order valence-electron chi connectivity index (χ3n) is 2.68. The van der Waals surface area contributed by atoms with E-state index in [1.54, 1.807) is 0 Å². The molecule has 0 saturated heterocycles. The molecule has 0 radical (unpaired) electrons. The van der Waals surface area contributed by atoms with Gasteiger partial charge in [-0.1, -0.05) is 48.0 Å². The van der Waals surface area contributed by atoms with Crippen LogP contribution in [-0.2, 0) is 9.53 Å². The van der Waals surface area contributed by atoms with E-state index in [2.05, 4.69) is 41.5 Å². The van der Waals surface area contributed by atoms with Gasteiger partial charge in [0.25, 0.3) is 0 Å². The second-order valence-electron chi connectivity index (χ2n) is 6.14. The van der Waals surface area contributed by atoms with Gasteiger partial charge >= 0.3 is 5.97 Å². The first-order valence-electron chi connectivity index (χ1n) is 6.44. The van der Waals surface area contributed by atoms with Crippen molar-refractivity contribution in [1.82, 2.24) is 0 Å². The molecule has 0 bridgehead atoms. The number of hydrogen-bond donors (Lipinski definition) is 0. The molecule has 0 aromatic carbocycles. The normalized spacial score (nSPS) is 13.9. The molecular weight excluding hydrogens is 200 g/mol. The largest absolute Gasteiger partial charge is 0.465 e. The minimum Gasteiger partial charge on any atom is -0.465 e. The van der Waals surface area contributed by atoms with Crippen LogP contribution in [0.15, 0.2) is 0 Å². The summed E-state index contributed by atoms with van der Waals surface area (Å²) in [5, 5.41) is 0. The second-order valence-corrected chi connectivity index (χ2v) is 6.14. The predicted octanol–water partition coefficient (Wildman–Crippen LogP) is 4.04. The molecule has 0 N–H and O–H groups in total. The fraction of sp³-hybridized carbons (Fsp3) is 0.929. The molecule has 0 aliphatic heterocycles. The van der Waals surface area contributed by atoms with E-state index in [4.69, 9.17) is 4.74 Å². The molecule has 1 unspecified atom stereocenters. The maximum absolute atomic E-state index is 11.9. The summed E-state index contributed by atoms with van der Waals surface area (Å²) in [6.07, 6.45) is 2.93. The summed E-state index contributed by atoms with van der Waals surface area (Å²) in [4.78, 5) is 11.9. The Balaban J connectivity index is 4.25. The van der Waals surface area contributed by atoms with Crippen LogP contribution in [0.3, 0.4) is 0 Å². The highest BCUT2D eigenvalue weighted by Crippen LogP contribution is 2.29. The topological polar surface area (TPSA) is 26.3 Å². The van der Waals surface area contributed by atoms with Crippen LogP contribution >= 0.6 is 0 Å². The van der Waals surface area contributed by atoms with Gasteiger partial charge in [-0.25, -0.2) is 0 Å². The molecule has 0 aliphatic carbocycles. The first-order chi connectivity index (χ1) is 7.28. The molecule has 2 heteroatoms. The summed E-state index contributed by atoms with van der Waals surface area (Å²) >= 11 is 0. The van der Waals surface area contributed by atoms with Gasteiger partial charge in [-0.15, -0.1) is 0 Å². The fourth-order valence-corrected chi connectivity index (χ4v) is 1.68. The van der Waals surface area contributed by atoms with E-state index >= 15 is 0 Å². The van der Waals surface area contributed by atoms with Gasteiger partial charge in [-0.2, -0.15) is 0 Å². The molecule has 0 saturated carbocycles. The number of ether oxygens (including phenoxy) is 1. The molecule has 0 rings (SSSR count). The van der Waals surface area contributed by atoms with Crippen molar-refractivity contribution in [2.24, 2.45) is 17.3 Å². The van der Waals surface area contributed by atoms with Crippen LogP contribution in [0.2, 0.25) is 0 Å². The maximum atomic E-state index is 11.9. The Hall–Kier alpha value is -0.530. The van der Waals surface area contributed by atoms with Crippen molar-refractivity contribution in [2.45, 2.75) is 60.8 Å². The van der Waals surface area contributed by atoms with Gasteiger partial charge in [0, 0.05) is 0 Å². The number of esters is 1. The molecule has 0 amide bonds.